The second-order valence-corrected chi connectivity index (χ2v) is 5.17. The Morgan fingerprint density at radius 2 is 1.95 bits per heavy atom. The van der Waals surface area contributed by atoms with Crippen LogP contribution in [0.15, 0.2) is 40.9 Å². The van der Waals surface area contributed by atoms with Gasteiger partial charge < -0.3 is 10.5 Å². The second kappa shape index (κ2) is 6.17. The lowest BCUT2D eigenvalue weighted by molar-refractivity contribution is 0.297. The highest BCUT2D eigenvalue weighted by atomic mass is 79.9. The highest BCUT2D eigenvalue weighted by Crippen LogP contribution is 2.27. The van der Waals surface area contributed by atoms with Crippen molar-refractivity contribution in [3.05, 3.63) is 63.4 Å². The van der Waals surface area contributed by atoms with Crippen LogP contribution in [-0.2, 0) is 13.2 Å². The number of rotatable bonds is 4. The number of ether oxygens (including phenoxy) is 1. The predicted molar refractivity (Wildman–Crippen MR) is 77.5 cm³/mol. The van der Waals surface area contributed by atoms with Crippen LogP contribution in [0, 0.1) is 12.7 Å². The van der Waals surface area contributed by atoms with Crippen molar-refractivity contribution in [2.75, 3.05) is 0 Å². The van der Waals surface area contributed by atoms with Crippen molar-refractivity contribution in [3.8, 4) is 5.75 Å². The van der Waals surface area contributed by atoms with E-state index in [1.54, 1.807) is 18.2 Å². The van der Waals surface area contributed by atoms with Gasteiger partial charge in [-0.1, -0.05) is 24.3 Å². The van der Waals surface area contributed by atoms with Gasteiger partial charge in [-0.2, -0.15) is 0 Å². The van der Waals surface area contributed by atoms with Gasteiger partial charge in [0.05, 0.1) is 4.47 Å². The van der Waals surface area contributed by atoms with E-state index < -0.39 is 0 Å². The smallest absolute Gasteiger partial charge is 0.134 e. The van der Waals surface area contributed by atoms with Gasteiger partial charge in [-0.3, -0.25) is 0 Å². The van der Waals surface area contributed by atoms with E-state index in [1.807, 2.05) is 25.1 Å². The molecule has 0 fully saturated rings. The number of aryl methyl sites for hydroxylation is 1. The first-order valence-electron chi connectivity index (χ1n) is 5.97. The zero-order valence-corrected chi connectivity index (χ0v) is 12.2. The zero-order chi connectivity index (χ0) is 13.8. The third-order valence-corrected chi connectivity index (χ3v) is 3.47. The predicted octanol–water partition coefficient (Wildman–Crippen LogP) is 3.93. The summed E-state index contributed by atoms with van der Waals surface area (Å²) in [6.45, 7) is 2.37. The van der Waals surface area contributed by atoms with Gasteiger partial charge in [0, 0.05) is 17.7 Å². The monoisotopic (exact) mass is 323 g/mol. The second-order valence-electron chi connectivity index (χ2n) is 4.32. The van der Waals surface area contributed by atoms with Gasteiger partial charge in [0.25, 0.3) is 0 Å². The van der Waals surface area contributed by atoms with Crippen LogP contribution in [0.3, 0.4) is 0 Å². The van der Waals surface area contributed by atoms with E-state index in [0.29, 0.717) is 16.9 Å². The molecule has 2 nitrogen and oxygen atoms in total. The standard InChI is InChI=1S/C15H15BrFNO/c1-10-5-6-14(13(16)7-10)19-9-12-4-2-3-11(8-18)15(12)17/h2-7H,8-9,18H2,1H3. The molecule has 2 aromatic carbocycles. The maximum atomic E-state index is 14.0. The van der Waals surface area contributed by atoms with Crippen LogP contribution in [0.25, 0.3) is 0 Å². The van der Waals surface area contributed by atoms with E-state index in [1.165, 1.54) is 0 Å². The van der Waals surface area contributed by atoms with Gasteiger partial charge in [0.1, 0.15) is 18.2 Å². The van der Waals surface area contributed by atoms with Crippen molar-refractivity contribution in [1.29, 1.82) is 0 Å². The quantitative estimate of drug-likeness (QED) is 0.925. The summed E-state index contributed by atoms with van der Waals surface area (Å²) in [7, 11) is 0. The van der Waals surface area contributed by atoms with Gasteiger partial charge in [0.2, 0.25) is 0 Å². The fourth-order valence-corrected chi connectivity index (χ4v) is 2.39. The average Bonchev–Trinajstić information content (AvgIpc) is 2.39. The Morgan fingerprint density at radius 1 is 1.21 bits per heavy atom. The molecule has 0 aliphatic heterocycles. The van der Waals surface area contributed by atoms with Gasteiger partial charge in [-0.05, 0) is 40.5 Å². The third kappa shape index (κ3) is 3.33. The minimum atomic E-state index is -0.284. The van der Waals surface area contributed by atoms with Crippen molar-refractivity contribution in [2.24, 2.45) is 5.73 Å². The van der Waals surface area contributed by atoms with E-state index >= 15 is 0 Å². The summed E-state index contributed by atoms with van der Waals surface area (Å²) in [5.74, 6) is 0.413. The molecule has 0 spiro atoms. The van der Waals surface area contributed by atoms with Gasteiger partial charge in [-0.15, -0.1) is 0 Å². The number of hydrogen-bond acceptors (Lipinski definition) is 2. The molecule has 0 saturated carbocycles. The fraction of sp³-hybridized carbons (Fsp3) is 0.200. The minimum absolute atomic E-state index is 0.182. The highest BCUT2D eigenvalue weighted by Gasteiger charge is 2.08. The Labute approximate surface area is 120 Å². The van der Waals surface area contributed by atoms with Gasteiger partial charge in [-0.25, -0.2) is 4.39 Å². The van der Waals surface area contributed by atoms with E-state index in [2.05, 4.69) is 15.9 Å². The number of halogens is 2. The molecule has 2 aromatic rings. The SMILES string of the molecule is Cc1ccc(OCc2cccc(CN)c2F)c(Br)c1. The largest absolute Gasteiger partial charge is 0.488 e. The topological polar surface area (TPSA) is 35.2 Å². The van der Waals surface area contributed by atoms with Crippen molar-refractivity contribution in [2.45, 2.75) is 20.1 Å². The van der Waals surface area contributed by atoms with Crippen LogP contribution < -0.4 is 10.5 Å². The molecule has 0 radical (unpaired) electrons. The summed E-state index contributed by atoms with van der Waals surface area (Å²) in [5.41, 5.74) is 7.63. The first-order chi connectivity index (χ1) is 9.11. The third-order valence-electron chi connectivity index (χ3n) is 2.85. The molecule has 0 amide bonds. The molecule has 19 heavy (non-hydrogen) atoms. The molecular weight excluding hydrogens is 309 g/mol. The molecule has 0 aliphatic carbocycles. The number of benzene rings is 2. The van der Waals surface area contributed by atoms with Crippen molar-refractivity contribution >= 4 is 15.9 Å². The molecule has 4 heteroatoms. The van der Waals surface area contributed by atoms with Crippen molar-refractivity contribution in [3.63, 3.8) is 0 Å². The lowest BCUT2D eigenvalue weighted by Gasteiger charge is -2.11. The van der Waals surface area contributed by atoms with E-state index in [4.69, 9.17) is 10.5 Å². The lowest BCUT2D eigenvalue weighted by atomic mass is 10.1. The normalized spacial score (nSPS) is 10.5. The molecule has 2 rings (SSSR count). The minimum Gasteiger partial charge on any atom is -0.488 e. The van der Waals surface area contributed by atoms with Crippen molar-refractivity contribution in [1.82, 2.24) is 0 Å². The molecule has 2 N–H and O–H groups in total. The molecule has 0 saturated heterocycles. The Morgan fingerprint density at radius 3 is 2.63 bits per heavy atom. The molecule has 0 heterocycles. The number of nitrogens with two attached hydrogens (primary N) is 1. The van der Waals surface area contributed by atoms with E-state index in [-0.39, 0.29) is 19.0 Å². The Hall–Kier alpha value is -1.39. The zero-order valence-electron chi connectivity index (χ0n) is 10.6. The first-order valence-corrected chi connectivity index (χ1v) is 6.76. The Kier molecular flexibility index (Phi) is 4.56. The molecular formula is C15H15BrFNO. The highest BCUT2D eigenvalue weighted by molar-refractivity contribution is 9.10. The van der Waals surface area contributed by atoms with Crippen LogP contribution in [-0.4, -0.2) is 0 Å². The molecule has 100 valence electrons. The summed E-state index contributed by atoms with van der Waals surface area (Å²) in [6.07, 6.45) is 0. The van der Waals surface area contributed by atoms with Crippen LogP contribution in [0.5, 0.6) is 5.75 Å². The molecule has 0 aliphatic rings. The Bertz CT molecular complexity index is 586. The van der Waals surface area contributed by atoms with Crippen LogP contribution >= 0.6 is 15.9 Å². The number of hydrogen-bond donors (Lipinski definition) is 1. The van der Waals surface area contributed by atoms with Gasteiger partial charge >= 0.3 is 0 Å². The van der Waals surface area contributed by atoms with Crippen LogP contribution in [0.4, 0.5) is 4.39 Å². The van der Waals surface area contributed by atoms with Gasteiger partial charge in [0.15, 0.2) is 0 Å². The van der Waals surface area contributed by atoms with Crippen LogP contribution in [0.1, 0.15) is 16.7 Å². The van der Waals surface area contributed by atoms with E-state index in [9.17, 15) is 4.39 Å². The molecule has 0 aromatic heterocycles. The Balaban J connectivity index is 2.14. The molecule has 0 unspecified atom stereocenters. The van der Waals surface area contributed by atoms with E-state index in [0.717, 1.165) is 10.0 Å². The summed E-state index contributed by atoms with van der Waals surface area (Å²) in [4.78, 5) is 0. The molecule has 0 atom stereocenters. The summed E-state index contributed by atoms with van der Waals surface area (Å²) in [6, 6.07) is 10.9. The lowest BCUT2D eigenvalue weighted by Crippen LogP contribution is -2.05. The summed E-state index contributed by atoms with van der Waals surface area (Å²) < 4.78 is 20.5. The summed E-state index contributed by atoms with van der Waals surface area (Å²) >= 11 is 3.43. The first kappa shape index (κ1) is 14.0. The average molecular weight is 324 g/mol. The fourth-order valence-electron chi connectivity index (χ4n) is 1.78. The summed E-state index contributed by atoms with van der Waals surface area (Å²) in [5, 5.41) is 0. The van der Waals surface area contributed by atoms with Crippen LogP contribution in [0.2, 0.25) is 0 Å². The maximum Gasteiger partial charge on any atom is 0.134 e. The maximum absolute atomic E-state index is 14.0. The van der Waals surface area contributed by atoms with Crippen molar-refractivity contribution < 1.29 is 9.13 Å². The molecule has 0 bridgehead atoms.